The number of hydrogen-bond donors (Lipinski definition) is 3. The standard InChI is InChI=1S/C26H34N4O/c27-17-22-21(19-12-14-29-15-13-19)16-23(30-26(22)28)25-20(10-5-11-24(25)31)9-4-8-18-6-2-1-3-7-18/h5,10-11,16,18-19,29,31H,1-4,6-9,12-15H2,(H2,28,30). The lowest BCUT2D eigenvalue weighted by molar-refractivity contribution is 0.332. The highest BCUT2D eigenvalue weighted by atomic mass is 16.3. The third-order valence-corrected chi connectivity index (χ3v) is 7.14. The van der Waals surface area contributed by atoms with Crippen molar-refractivity contribution < 1.29 is 5.11 Å². The zero-order valence-electron chi connectivity index (χ0n) is 18.4. The van der Waals surface area contributed by atoms with Gasteiger partial charge in [0.25, 0.3) is 0 Å². The normalized spacial score (nSPS) is 18.0. The van der Waals surface area contributed by atoms with Crippen molar-refractivity contribution in [3.8, 4) is 23.1 Å². The van der Waals surface area contributed by atoms with Crippen LogP contribution in [0.15, 0.2) is 24.3 Å². The number of nitriles is 1. The summed E-state index contributed by atoms with van der Waals surface area (Å²) in [7, 11) is 0. The van der Waals surface area contributed by atoms with Crippen molar-refractivity contribution in [2.24, 2.45) is 5.92 Å². The first kappa shape index (κ1) is 21.6. The van der Waals surface area contributed by atoms with Crippen LogP contribution in [0.5, 0.6) is 5.75 Å². The van der Waals surface area contributed by atoms with Gasteiger partial charge in [-0.3, -0.25) is 0 Å². The predicted molar refractivity (Wildman–Crippen MR) is 125 cm³/mol. The first-order valence-electron chi connectivity index (χ1n) is 11.9. The molecule has 1 aliphatic heterocycles. The molecule has 1 aromatic carbocycles. The molecule has 2 fully saturated rings. The van der Waals surface area contributed by atoms with E-state index in [0.29, 0.717) is 17.2 Å². The fourth-order valence-corrected chi connectivity index (χ4v) is 5.44. The van der Waals surface area contributed by atoms with Crippen LogP contribution in [0.2, 0.25) is 0 Å². The fraction of sp³-hybridized carbons (Fsp3) is 0.538. The molecular formula is C26H34N4O. The van der Waals surface area contributed by atoms with Crippen LogP contribution >= 0.6 is 0 Å². The van der Waals surface area contributed by atoms with E-state index in [0.717, 1.165) is 61.4 Å². The largest absolute Gasteiger partial charge is 0.507 e. The molecule has 0 bridgehead atoms. The van der Waals surface area contributed by atoms with Gasteiger partial charge in [-0.05, 0) is 73.9 Å². The van der Waals surface area contributed by atoms with Gasteiger partial charge in [-0.1, -0.05) is 50.7 Å². The maximum atomic E-state index is 10.8. The third kappa shape index (κ3) is 5.02. The second-order valence-corrected chi connectivity index (χ2v) is 9.20. The monoisotopic (exact) mass is 418 g/mol. The number of phenols is 1. The maximum Gasteiger partial charge on any atom is 0.142 e. The molecule has 2 aromatic rings. The van der Waals surface area contributed by atoms with E-state index >= 15 is 0 Å². The minimum atomic E-state index is 0.239. The molecule has 5 heteroatoms. The number of aryl methyl sites for hydroxylation is 1. The van der Waals surface area contributed by atoms with Gasteiger partial charge >= 0.3 is 0 Å². The van der Waals surface area contributed by atoms with Gasteiger partial charge in [-0.2, -0.15) is 5.26 Å². The topological polar surface area (TPSA) is 95.0 Å². The Hall–Kier alpha value is -2.58. The number of nitrogen functional groups attached to an aromatic ring is 1. The summed E-state index contributed by atoms with van der Waals surface area (Å²) in [6.45, 7) is 1.88. The van der Waals surface area contributed by atoms with Crippen LogP contribution in [-0.4, -0.2) is 23.2 Å². The van der Waals surface area contributed by atoms with Crippen molar-refractivity contribution >= 4 is 5.82 Å². The molecule has 164 valence electrons. The number of nitrogens with zero attached hydrogens (tertiary/aromatic N) is 2. The Morgan fingerprint density at radius 1 is 1.13 bits per heavy atom. The third-order valence-electron chi connectivity index (χ3n) is 7.14. The average Bonchev–Trinajstić information content (AvgIpc) is 2.80. The summed E-state index contributed by atoms with van der Waals surface area (Å²) < 4.78 is 0. The van der Waals surface area contributed by atoms with E-state index in [2.05, 4.69) is 22.4 Å². The number of anilines is 1. The number of hydrogen-bond acceptors (Lipinski definition) is 5. The summed E-state index contributed by atoms with van der Waals surface area (Å²) in [5, 5.41) is 23.8. The molecule has 1 aromatic heterocycles. The van der Waals surface area contributed by atoms with Gasteiger partial charge < -0.3 is 16.2 Å². The summed E-state index contributed by atoms with van der Waals surface area (Å²) in [6.07, 6.45) is 12.1. The van der Waals surface area contributed by atoms with E-state index in [1.807, 2.05) is 12.1 Å². The van der Waals surface area contributed by atoms with Crippen molar-refractivity contribution in [2.75, 3.05) is 18.8 Å². The number of phenolic OH excluding ortho intramolecular Hbond substituents is 1. The summed E-state index contributed by atoms with van der Waals surface area (Å²) in [6, 6.07) is 10.0. The number of nitrogens with two attached hydrogens (primary N) is 1. The lowest BCUT2D eigenvalue weighted by Gasteiger charge is -2.25. The number of aromatic hydroxyl groups is 1. The first-order valence-corrected chi connectivity index (χ1v) is 11.9. The second-order valence-electron chi connectivity index (χ2n) is 9.20. The van der Waals surface area contributed by atoms with E-state index in [9.17, 15) is 10.4 Å². The maximum absolute atomic E-state index is 10.8. The van der Waals surface area contributed by atoms with Crippen LogP contribution in [0.25, 0.3) is 11.3 Å². The molecule has 31 heavy (non-hydrogen) atoms. The number of benzene rings is 1. The fourth-order valence-electron chi connectivity index (χ4n) is 5.44. The van der Waals surface area contributed by atoms with Crippen molar-refractivity contribution in [1.82, 2.24) is 10.3 Å². The number of rotatable bonds is 6. The van der Waals surface area contributed by atoms with Crippen LogP contribution in [0.4, 0.5) is 5.82 Å². The SMILES string of the molecule is N#Cc1c(C2CCNCC2)cc(-c2c(O)cccc2CCCC2CCCCC2)nc1N. The van der Waals surface area contributed by atoms with Crippen molar-refractivity contribution in [2.45, 2.75) is 70.1 Å². The minimum absolute atomic E-state index is 0.239. The van der Waals surface area contributed by atoms with Crippen LogP contribution in [0.1, 0.15) is 80.4 Å². The molecule has 1 saturated carbocycles. The molecule has 0 atom stereocenters. The van der Waals surface area contributed by atoms with E-state index < -0.39 is 0 Å². The van der Waals surface area contributed by atoms with E-state index in [1.165, 1.54) is 38.5 Å². The van der Waals surface area contributed by atoms with E-state index in [4.69, 9.17) is 5.73 Å². The van der Waals surface area contributed by atoms with Crippen LogP contribution in [0.3, 0.4) is 0 Å². The van der Waals surface area contributed by atoms with Gasteiger partial charge in [-0.25, -0.2) is 4.98 Å². The summed E-state index contributed by atoms with van der Waals surface area (Å²) in [4.78, 5) is 4.57. The lowest BCUT2D eigenvalue weighted by Crippen LogP contribution is -2.27. The van der Waals surface area contributed by atoms with E-state index in [-0.39, 0.29) is 11.6 Å². The Bertz CT molecular complexity index is 937. The highest BCUT2D eigenvalue weighted by molar-refractivity contribution is 5.74. The zero-order chi connectivity index (χ0) is 21.6. The number of nitrogens with one attached hydrogen (secondary N) is 1. The second kappa shape index (κ2) is 10.2. The number of aromatic nitrogens is 1. The van der Waals surface area contributed by atoms with Gasteiger partial charge in [0.2, 0.25) is 0 Å². The molecule has 2 aliphatic rings. The molecule has 0 radical (unpaired) electrons. The highest BCUT2D eigenvalue weighted by Gasteiger charge is 2.23. The Morgan fingerprint density at radius 2 is 1.90 bits per heavy atom. The lowest BCUT2D eigenvalue weighted by atomic mass is 9.84. The van der Waals surface area contributed by atoms with Gasteiger partial charge in [0.15, 0.2) is 0 Å². The van der Waals surface area contributed by atoms with Crippen LogP contribution in [-0.2, 0) is 6.42 Å². The first-order chi connectivity index (χ1) is 15.2. The van der Waals surface area contributed by atoms with E-state index in [1.54, 1.807) is 6.07 Å². The van der Waals surface area contributed by atoms with Crippen LogP contribution < -0.4 is 11.1 Å². The Kier molecular flexibility index (Phi) is 7.09. The van der Waals surface area contributed by atoms with Gasteiger partial charge in [-0.15, -0.1) is 0 Å². The van der Waals surface area contributed by atoms with Crippen molar-refractivity contribution in [3.63, 3.8) is 0 Å². The van der Waals surface area contributed by atoms with Gasteiger partial charge in [0, 0.05) is 5.56 Å². The summed E-state index contributed by atoms with van der Waals surface area (Å²) in [5.74, 6) is 1.65. The Balaban J connectivity index is 1.62. The van der Waals surface area contributed by atoms with Gasteiger partial charge in [0.05, 0.1) is 11.3 Å². The average molecular weight is 419 g/mol. The molecule has 4 N–H and O–H groups in total. The van der Waals surface area contributed by atoms with Crippen molar-refractivity contribution in [1.29, 1.82) is 5.26 Å². The number of piperidine rings is 1. The molecule has 0 spiro atoms. The molecule has 0 amide bonds. The molecule has 2 heterocycles. The Morgan fingerprint density at radius 3 is 2.65 bits per heavy atom. The molecular weight excluding hydrogens is 384 g/mol. The smallest absolute Gasteiger partial charge is 0.142 e. The molecule has 5 nitrogen and oxygen atoms in total. The van der Waals surface area contributed by atoms with Gasteiger partial charge in [0.1, 0.15) is 17.6 Å². The summed E-state index contributed by atoms with van der Waals surface area (Å²) in [5.41, 5.74) is 10.3. The molecule has 4 rings (SSSR count). The quantitative estimate of drug-likeness (QED) is 0.593. The zero-order valence-corrected chi connectivity index (χ0v) is 18.4. The van der Waals surface area contributed by atoms with Crippen LogP contribution in [0, 0.1) is 17.2 Å². The number of pyridine rings is 1. The highest BCUT2D eigenvalue weighted by Crippen LogP contribution is 2.38. The molecule has 1 aliphatic carbocycles. The van der Waals surface area contributed by atoms with Crippen molar-refractivity contribution in [3.05, 3.63) is 41.0 Å². The predicted octanol–water partition coefficient (Wildman–Crippen LogP) is 5.28. The molecule has 0 unspecified atom stereocenters. The summed E-state index contributed by atoms with van der Waals surface area (Å²) >= 11 is 0. The molecule has 1 saturated heterocycles. The Labute approximate surface area is 185 Å². The minimum Gasteiger partial charge on any atom is -0.507 e.